The third-order valence-electron chi connectivity index (χ3n) is 3.43. The van der Waals surface area contributed by atoms with Crippen LogP contribution in [0.3, 0.4) is 0 Å². The van der Waals surface area contributed by atoms with Crippen molar-refractivity contribution in [2.24, 2.45) is 0 Å². The molecule has 4 nitrogen and oxygen atoms in total. The van der Waals surface area contributed by atoms with E-state index in [0.717, 1.165) is 36.1 Å². The molecule has 17 heavy (non-hydrogen) atoms. The molecule has 0 unspecified atom stereocenters. The maximum absolute atomic E-state index is 11.1. The van der Waals surface area contributed by atoms with Gasteiger partial charge < -0.3 is 4.74 Å². The average molecular weight is 233 g/mol. The topological polar surface area (TPSA) is 52.4 Å². The van der Waals surface area contributed by atoms with E-state index in [2.05, 4.69) is 0 Å². The van der Waals surface area contributed by atoms with Crippen molar-refractivity contribution in [1.29, 1.82) is 0 Å². The van der Waals surface area contributed by atoms with Crippen LogP contribution in [0.5, 0.6) is 5.75 Å². The smallest absolute Gasteiger partial charge is 0.273 e. The second-order valence-corrected chi connectivity index (χ2v) is 5.59. The number of rotatable bonds is 2. The lowest BCUT2D eigenvalue weighted by Gasteiger charge is -2.16. The Kier molecular flexibility index (Phi) is 2.00. The van der Waals surface area contributed by atoms with Gasteiger partial charge in [0.2, 0.25) is 0 Å². The molecule has 1 fully saturated rings. The maximum atomic E-state index is 11.1. The molecule has 3 rings (SSSR count). The summed E-state index contributed by atoms with van der Waals surface area (Å²) in [6.07, 6.45) is 2.86. The van der Waals surface area contributed by atoms with Gasteiger partial charge in [0.1, 0.15) is 11.4 Å². The van der Waals surface area contributed by atoms with Gasteiger partial charge in [-0.1, -0.05) is 0 Å². The Morgan fingerprint density at radius 2 is 2.12 bits per heavy atom. The largest absolute Gasteiger partial charge is 0.487 e. The van der Waals surface area contributed by atoms with E-state index in [0.29, 0.717) is 5.92 Å². The van der Waals surface area contributed by atoms with Crippen LogP contribution in [0.25, 0.3) is 0 Å². The van der Waals surface area contributed by atoms with Crippen LogP contribution in [0.15, 0.2) is 12.1 Å². The van der Waals surface area contributed by atoms with E-state index >= 15 is 0 Å². The quantitative estimate of drug-likeness (QED) is 0.582. The van der Waals surface area contributed by atoms with E-state index in [9.17, 15) is 10.1 Å². The van der Waals surface area contributed by atoms with Gasteiger partial charge in [0.05, 0.1) is 4.92 Å². The summed E-state index contributed by atoms with van der Waals surface area (Å²) in [4.78, 5) is 10.8. The molecule has 0 atom stereocenters. The first-order valence-corrected chi connectivity index (χ1v) is 5.96. The molecule has 0 N–H and O–H groups in total. The number of benzene rings is 1. The van der Waals surface area contributed by atoms with Gasteiger partial charge in [-0.3, -0.25) is 10.1 Å². The highest BCUT2D eigenvalue weighted by Gasteiger charge is 2.36. The lowest BCUT2D eigenvalue weighted by atomic mass is 9.99. The molecule has 1 saturated carbocycles. The van der Waals surface area contributed by atoms with Crippen LogP contribution >= 0.6 is 0 Å². The highest BCUT2D eigenvalue weighted by atomic mass is 16.6. The predicted molar refractivity (Wildman–Crippen MR) is 63.5 cm³/mol. The first-order valence-electron chi connectivity index (χ1n) is 5.96. The molecule has 1 aliphatic heterocycles. The molecular weight excluding hydrogens is 218 g/mol. The molecule has 1 heterocycles. The number of fused-ring (bicyclic) bond motifs is 1. The minimum Gasteiger partial charge on any atom is -0.487 e. The molecular formula is C13H15NO3. The third-order valence-corrected chi connectivity index (χ3v) is 3.43. The normalized spacial score (nSPS) is 20.8. The number of nitro benzene ring substituents is 1. The van der Waals surface area contributed by atoms with Crippen molar-refractivity contribution in [3.05, 3.63) is 33.4 Å². The number of hydrogen-bond donors (Lipinski definition) is 0. The Bertz CT molecular complexity index is 504. The molecule has 2 aliphatic rings. The first-order chi connectivity index (χ1) is 7.96. The van der Waals surface area contributed by atoms with Crippen molar-refractivity contribution in [1.82, 2.24) is 0 Å². The van der Waals surface area contributed by atoms with Gasteiger partial charge in [-0.05, 0) is 38.7 Å². The van der Waals surface area contributed by atoms with Crippen molar-refractivity contribution in [2.45, 2.75) is 44.6 Å². The Morgan fingerprint density at radius 3 is 2.71 bits per heavy atom. The zero-order valence-corrected chi connectivity index (χ0v) is 10.0. The van der Waals surface area contributed by atoms with Crippen molar-refractivity contribution in [2.75, 3.05) is 0 Å². The lowest BCUT2D eigenvalue weighted by molar-refractivity contribution is -0.385. The van der Waals surface area contributed by atoms with Gasteiger partial charge in [0.15, 0.2) is 0 Å². The van der Waals surface area contributed by atoms with Crippen LogP contribution < -0.4 is 4.74 Å². The van der Waals surface area contributed by atoms with E-state index in [-0.39, 0.29) is 16.2 Å². The van der Waals surface area contributed by atoms with E-state index < -0.39 is 0 Å². The lowest BCUT2D eigenvalue weighted by Crippen LogP contribution is -2.24. The second kappa shape index (κ2) is 3.22. The second-order valence-electron chi connectivity index (χ2n) is 5.59. The van der Waals surface area contributed by atoms with Gasteiger partial charge in [0, 0.05) is 23.6 Å². The summed E-state index contributed by atoms with van der Waals surface area (Å²) in [6.45, 7) is 4.02. The van der Waals surface area contributed by atoms with Crippen LogP contribution in [0.4, 0.5) is 5.69 Å². The third kappa shape index (κ3) is 1.77. The van der Waals surface area contributed by atoms with E-state index in [1.165, 1.54) is 0 Å². The fourth-order valence-corrected chi connectivity index (χ4v) is 2.53. The summed E-state index contributed by atoms with van der Waals surface area (Å²) in [6, 6.07) is 3.59. The zero-order valence-electron chi connectivity index (χ0n) is 10.0. The zero-order chi connectivity index (χ0) is 12.2. The first kappa shape index (κ1) is 10.6. The number of ether oxygens (including phenoxy) is 1. The van der Waals surface area contributed by atoms with Crippen LogP contribution in [-0.4, -0.2) is 10.5 Å². The average Bonchev–Trinajstić information content (AvgIpc) is 2.98. The molecule has 0 bridgehead atoms. The van der Waals surface area contributed by atoms with Crippen LogP contribution in [0.2, 0.25) is 0 Å². The Balaban J connectivity index is 2.09. The Hall–Kier alpha value is -1.58. The van der Waals surface area contributed by atoms with E-state index in [1.807, 2.05) is 19.9 Å². The number of hydrogen-bond acceptors (Lipinski definition) is 3. The van der Waals surface area contributed by atoms with Crippen LogP contribution in [-0.2, 0) is 6.42 Å². The molecule has 4 heteroatoms. The standard InChI is InChI=1S/C13H15NO3/c1-13(2)7-9-5-11(14(15)16)10(8-3-4-8)6-12(9)17-13/h5-6,8H,3-4,7H2,1-2H3. The highest BCUT2D eigenvalue weighted by Crippen LogP contribution is 2.48. The molecule has 0 saturated heterocycles. The minimum atomic E-state index is -0.265. The molecule has 90 valence electrons. The summed E-state index contributed by atoms with van der Waals surface area (Å²) in [5, 5.41) is 11.1. The van der Waals surface area contributed by atoms with Gasteiger partial charge >= 0.3 is 0 Å². The fourth-order valence-electron chi connectivity index (χ4n) is 2.53. The Labute approximate surface area is 99.7 Å². The van der Waals surface area contributed by atoms with Crippen molar-refractivity contribution < 1.29 is 9.66 Å². The molecule has 0 spiro atoms. The number of nitro groups is 1. The maximum Gasteiger partial charge on any atom is 0.273 e. The molecule has 0 amide bonds. The van der Waals surface area contributed by atoms with Crippen LogP contribution in [0, 0.1) is 10.1 Å². The summed E-state index contributed by atoms with van der Waals surface area (Å²) < 4.78 is 5.83. The molecule has 1 aliphatic carbocycles. The summed E-state index contributed by atoms with van der Waals surface area (Å²) in [5.74, 6) is 1.20. The summed E-state index contributed by atoms with van der Waals surface area (Å²) in [7, 11) is 0. The predicted octanol–water partition coefficient (Wildman–Crippen LogP) is 3.19. The van der Waals surface area contributed by atoms with E-state index in [4.69, 9.17) is 4.74 Å². The van der Waals surface area contributed by atoms with Gasteiger partial charge in [-0.2, -0.15) is 0 Å². The SMILES string of the molecule is CC1(C)Cc2cc([N+](=O)[O-])c(C3CC3)cc2O1. The van der Waals surface area contributed by atoms with Crippen molar-refractivity contribution >= 4 is 5.69 Å². The molecule has 1 aromatic carbocycles. The van der Waals surface area contributed by atoms with Gasteiger partial charge in [0.25, 0.3) is 5.69 Å². The van der Waals surface area contributed by atoms with E-state index in [1.54, 1.807) is 6.07 Å². The van der Waals surface area contributed by atoms with Gasteiger partial charge in [-0.15, -0.1) is 0 Å². The molecule has 0 radical (unpaired) electrons. The van der Waals surface area contributed by atoms with Crippen molar-refractivity contribution in [3.63, 3.8) is 0 Å². The Morgan fingerprint density at radius 1 is 1.41 bits per heavy atom. The fraction of sp³-hybridized carbons (Fsp3) is 0.538. The monoisotopic (exact) mass is 233 g/mol. The molecule has 1 aromatic rings. The molecule has 0 aromatic heterocycles. The van der Waals surface area contributed by atoms with Crippen molar-refractivity contribution in [3.8, 4) is 5.75 Å². The minimum absolute atomic E-state index is 0.238. The van der Waals surface area contributed by atoms with Crippen LogP contribution in [0.1, 0.15) is 43.7 Å². The highest BCUT2D eigenvalue weighted by molar-refractivity contribution is 5.55. The summed E-state index contributed by atoms with van der Waals surface area (Å²) in [5.41, 5.74) is 1.85. The van der Waals surface area contributed by atoms with Gasteiger partial charge in [-0.25, -0.2) is 0 Å². The number of nitrogens with zero attached hydrogens (tertiary/aromatic N) is 1. The summed E-state index contributed by atoms with van der Waals surface area (Å²) >= 11 is 0.